The molecule has 2 N–H and O–H groups in total. The van der Waals surface area contributed by atoms with Gasteiger partial charge in [0.15, 0.2) is 5.82 Å². The fourth-order valence-electron chi connectivity index (χ4n) is 1.79. The van der Waals surface area contributed by atoms with Crippen LogP contribution in [0.5, 0.6) is 0 Å². The molecule has 0 aliphatic carbocycles. The van der Waals surface area contributed by atoms with Gasteiger partial charge in [0.05, 0.1) is 18.7 Å². The molecule has 0 unspecified atom stereocenters. The molecule has 0 amide bonds. The first-order chi connectivity index (χ1) is 9.85. The van der Waals surface area contributed by atoms with Gasteiger partial charge in [-0.25, -0.2) is 0 Å². The maximum absolute atomic E-state index is 9.09. The van der Waals surface area contributed by atoms with Crippen LogP contribution in [-0.4, -0.2) is 15.2 Å². The molecular weight excluding hydrogens is 274 g/mol. The molecule has 0 aliphatic rings. The molecule has 3 aromatic rings. The smallest absolute Gasteiger partial charge is 0.258 e. The summed E-state index contributed by atoms with van der Waals surface area (Å²) >= 11 is 1.59. The molecule has 1 aromatic carbocycles. The molecule has 3 rings (SSSR count). The SMILES string of the molecule is OCc1cccc(NCc2noc(-c3ccsc3)n2)c1. The molecule has 0 saturated heterocycles. The van der Waals surface area contributed by atoms with Crippen molar-refractivity contribution in [2.24, 2.45) is 0 Å². The number of nitrogens with zero attached hydrogens (tertiary/aromatic N) is 2. The predicted octanol–water partition coefficient (Wildman–Crippen LogP) is 2.90. The fraction of sp³-hybridized carbons (Fsp3) is 0.143. The van der Waals surface area contributed by atoms with Gasteiger partial charge in [-0.3, -0.25) is 0 Å². The average Bonchev–Trinajstić information content (AvgIpc) is 3.16. The third-order valence-electron chi connectivity index (χ3n) is 2.80. The second-order valence-corrected chi connectivity index (χ2v) is 5.02. The predicted molar refractivity (Wildman–Crippen MR) is 77.3 cm³/mol. The first-order valence-electron chi connectivity index (χ1n) is 6.14. The van der Waals surface area contributed by atoms with Crippen molar-refractivity contribution in [2.45, 2.75) is 13.2 Å². The van der Waals surface area contributed by atoms with Gasteiger partial charge < -0.3 is 14.9 Å². The van der Waals surface area contributed by atoms with Crippen LogP contribution in [0, 0.1) is 0 Å². The highest BCUT2D eigenvalue weighted by atomic mass is 32.1. The zero-order valence-corrected chi connectivity index (χ0v) is 11.4. The summed E-state index contributed by atoms with van der Waals surface area (Å²) < 4.78 is 5.21. The quantitative estimate of drug-likeness (QED) is 0.755. The standard InChI is InChI=1S/C14H13N3O2S/c18-8-10-2-1-3-12(6-10)15-7-13-16-14(19-17-13)11-4-5-20-9-11/h1-6,9,15,18H,7-8H2. The Balaban J connectivity index is 1.66. The maximum Gasteiger partial charge on any atom is 0.258 e. The van der Waals surface area contributed by atoms with Gasteiger partial charge >= 0.3 is 0 Å². The molecule has 102 valence electrons. The van der Waals surface area contributed by atoms with Gasteiger partial charge in [0.25, 0.3) is 5.89 Å². The Morgan fingerprint density at radius 1 is 1.30 bits per heavy atom. The molecule has 6 heteroatoms. The van der Waals surface area contributed by atoms with Crippen molar-refractivity contribution in [1.82, 2.24) is 10.1 Å². The Morgan fingerprint density at radius 3 is 3.05 bits per heavy atom. The Bertz CT molecular complexity index is 679. The van der Waals surface area contributed by atoms with E-state index in [1.807, 2.05) is 41.1 Å². The highest BCUT2D eigenvalue weighted by Gasteiger charge is 2.08. The molecule has 5 nitrogen and oxygen atoms in total. The Kier molecular flexibility index (Phi) is 3.76. The number of aromatic nitrogens is 2. The molecule has 20 heavy (non-hydrogen) atoms. The minimum absolute atomic E-state index is 0.0278. The van der Waals surface area contributed by atoms with Crippen molar-refractivity contribution in [2.75, 3.05) is 5.32 Å². The van der Waals surface area contributed by atoms with Crippen LogP contribution >= 0.6 is 11.3 Å². The Labute approximate surface area is 119 Å². The van der Waals surface area contributed by atoms with Crippen LogP contribution in [-0.2, 0) is 13.2 Å². The Morgan fingerprint density at radius 2 is 2.25 bits per heavy atom. The minimum Gasteiger partial charge on any atom is -0.392 e. The van der Waals surface area contributed by atoms with Gasteiger partial charge in [0.1, 0.15) is 0 Å². The number of anilines is 1. The molecule has 0 saturated carbocycles. The maximum atomic E-state index is 9.09. The molecule has 0 bridgehead atoms. The molecule has 0 radical (unpaired) electrons. The molecular formula is C14H13N3O2S. The Hall–Kier alpha value is -2.18. The number of aliphatic hydroxyl groups is 1. The van der Waals surface area contributed by atoms with E-state index in [1.54, 1.807) is 11.3 Å². The largest absolute Gasteiger partial charge is 0.392 e. The monoisotopic (exact) mass is 287 g/mol. The van der Waals surface area contributed by atoms with Gasteiger partial charge in [0, 0.05) is 11.1 Å². The van der Waals surface area contributed by atoms with Crippen molar-refractivity contribution < 1.29 is 9.63 Å². The minimum atomic E-state index is 0.0278. The van der Waals surface area contributed by atoms with Crippen molar-refractivity contribution in [3.63, 3.8) is 0 Å². The topological polar surface area (TPSA) is 71.2 Å². The summed E-state index contributed by atoms with van der Waals surface area (Å²) in [5.74, 6) is 1.13. The van der Waals surface area contributed by atoms with E-state index in [0.717, 1.165) is 16.8 Å². The van der Waals surface area contributed by atoms with Crippen LogP contribution in [0.25, 0.3) is 11.5 Å². The van der Waals surface area contributed by atoms with Crippen LogP contribution in [0.2, 0.25) is 0 Å². The van der Waals surface area contributed by atoms with Gasteiger partial charge in [-0.1, -0.05) is 17.3 Å². The highest BCUT2D eigenvalue weighted by Crippen LogP contribution is 2.20. The highest BCUT2D eigenvalue weighted by molar-refractivity contribution is 7.08. The van der Waals surface area contributed by atoms with E-state index in [4.69, 9.17) is 9.63 Å². The lowest BCUT2D eigenvalue weighted by molar-refractivity contribution is 0.282. The molecule has 2 heterocycles. The number of thiophene rings is 1. The number of benzene rings is 1. The third-order valence-corrected chi connectivity index (χ3v) is 3.48. The van der Waals surface area contributed by atoms with E-state index in [2.05, 4.69) is 15.5 Å². The van der Waals surface area contributed by atoms with Gasteiger partial charge in [-0.15, -0.1) is 0 Å². The van der Waals surface area contributed by atoms with Crippen LogP contribution < -0.4 is 5.32 Å². The van der Waals surface area contributed by atoms with Crippen molar-refractivity contribution in [3.8, 4) is 11.5 Å². The van der Waals surface area contributed by atoms with E-state index in [1.165, 1.54) is 0 Å². The summed E-state index contributed by atoms with van der Waals surface area (Å²) in [5, 5.41) is 20.2. The lowest BCUT2D eigenvalue weighted by Gasteiger charge is -2.04. The van der Waals surface area contributed by atoms with E-state index >= 15 is 0 Å². The molecule has 0 fully saturated rings. The lowest BCUT2D eigenvalue weighted by atomic mass is 10.2. The molecule has 0 spiro atoms. The van der Waals surface area contributed by atoms with E-state index in [0.29, 0.717) is 18.3 Å². The lowest BCUT2D eigenvalue weighted by Crippen LogP contribution is -2.01. The summed E-state index contributed by atoms with van der Waals surface area (Å²) in [6.07, 6.45) is 0. The second-order valence-electron chi connectivity index (χ2n) is 4.24. The summed E-state index contributed by atoms with van der Waals surface area (Å²) in [6, 6.07) is 9.52. The van der Waals surface area contributed by atoms with Crippen LogP contribution in [0.15, 0.2) is 45.6 Å². The van der Waals surface area contributed by atoms with Crippen molar-refractivity contribution >= 4 is 17.0 Å². The first kappa shape index (κ1) is 12.8. The number of hydrogen-bond donors (Lipinski definition) is 2. The third kappa shape index (κ3) is 2.87. The van der Waals surface area contributed by atoms with Gasteiger partial charge in [-0.05, 0) is 29.1 Å². The first-order valence-corrected chi connectivity index (χ1v) is 7.08. The molecule has 2 aromatic heterocycles. The average molecular weight is 287 g/mol. The number of hydrogen-bond acceptors (Lipinski definition) is 6. The summed E-state index contributed by atoms with van der Waals surface area (Å²) in [4.78, 5) is 4.33. The van der Waals surface area contributed by atoms with Crippen LogP contribution in [0.1, 0.15) is 11.4 Å². The zero-order chi connectivity index (χ0) is 13.8. The number of aliphatic hydroxyl groups excluding tert-OH is 1. The van der Waals surface area contributed by atoms with E-state index in [9.17, 15) is 0 Å². The van der Waals surface area contributed by atoms with Gasteiger partial charge in [0.2, 0.25) is 0 Å². The van der Waals surface area contributed by atoms with Crippen LogP contribution in [0.4, 0.5) is 5.69 Å². The zero-order valence-electron chi connectivity index (χ0n) is 10.6. The van der Waals surface area contributed by atoms with Crippen molar-refractivity contribution in [3.05, 3.63) is 52.5 Å². The number of rotatable bonds is 5. The summed E-state index contributed by atoms with van der Waals surface area (Å²) in [6.45, 7) is 0.503. The second kappa shape index (κ2) is 5.85. The fourth-order valence-corrected chi connectivity index (χ4v) is 2.42. The van der Waals surface area contributed by atoms with Gasteiger partial charge in [-0.2, -0.15) is 16.3 Å². The number of nitrogens with one attached hydrogen (secondary N) is 1. The normalized spacial score (nSPS) is 10.7. The van der Waals surface area contributed by atoms with E-state index in [-0.39, 0.29) is 6.61 Å². The van der Waals surface area contributed by atoms with Crippen LogP contribution in [0.3, 0.4) is 0 Å². The van der Waals surface area contributed by atoms with Crippen molar-refractivity contribution in [1.29, 1.82) is 0 Å². The summed E-state index contributed by atoms with van der Waals surface area (Å²) in [7, 11) is 0. The molecule has 0 aliphatic heterocycles. The van der Waals surface area contributed by atoms with E-state index < -0.39 is 0 Å². The summed E-state index contributed by atoms with van der Waals surface area (Å²) in [5.41, 5.74) is 2.72. The molecule has 0 atom stereocenters.